The highest BCUT2D eigenvalue weighted by Gasteiger charge is 2.25. The van der Waals surface area contributed by atoms with Crippen molar-refractivity contribution in [1.82, 2.24) is 9.21 Å². The summed E-state index contributed by atoms with van der Waals surface area (Å²) in [5.74, 6) is 2.02. The summed E-state index contributed by atoms with van der Waals surface area (Å²) in [5, 5.41) is 3.01. The quantitative estimate of drug-likeness (QED) is 0.645. The minimum Gasteiger partial charge on any atom is -0.371 e. The largest absolute Gasteiger partial charge is 0.371 e. The van der Waals surface area contributed by atoms with Crippen LogP contribution in [0.5, 0.6) is 0 Å². The normalized spacial score (nSPS) is 17.5. The molecule has 9 heteroatoms. The van der Waals surface area contributed by atoms with Crippen molar-refractivity contribution in [2.45, 2.75) is 24.3 Å². The first-order chi connectivity index (χ1) is 15.8. The van der Waals surface area contributed by atoms with Crippen LogP contribution in [0.2, 0.25) is 0 Å². The van der Waals surface area contributed by atoms with Gasteiger partial charge >= 0.3 is 0 Å². The third-order valence-corrected chi connectivity index (χ3v) is 8.89. The molecule has 2 aromatic rings. The molecule has 178 valence electrons. The zero-order chi connectivity index (χ0) is 23.4. The van der Waals surface area contributed by atoms with E-state index in [2.05, 4.69) is 21.2 Å². The second-order valence-corrected chi connectivity index (χ2v) is 12.1. The number of carbonyl (C=O) groups excluding carboxylic acids is 1. The number of benzene rings is 2. The average Bonchev–Trinajstić information content (AvgIpc) is 3.34. The van der Waals surface area contributed by atoms with Crippen molar-refractivity contribution in [3.05, 3.63) is 53.6 Å². The molecule has 0 bridgehead atoms. The molecule has 1 N–H and O–H groups in total. The number of hydrogen-bond donors (Lipinski definition) is 1. The summed E-state index contributed by atoms with van der Waals surface area (Å²) < 4.78 is 26.6. The molecule has 33 heavy (non-hydrogen) atoms. The van der Waals surface area contributed by atoms with Gasteiger partial charge in [0.1, 0.15) is 0 Å². The zero-order valence-corrected chi connectivity index (χ0v) is 20.9. The third-order valence-electron chi connectivity index (χ3n) is 6.13. The van der Waals surface area contributed by atoms with Crippen molar-refractivity contribution in [1.29, 1.82) is 0 Å². The van der Waals surface area contributed by atoms with E-state index in [-0.39, 0.29) is 10.8 Å². The lowest BCUT2D eigenvalue weighted by molar-refractivity contribution is 0.102. The SMILES string of the molecule is CN(C)S(=O)(=O)c1ccc(N2CCCC2)c(C(=O)Nc2cccc(CN3CCSCC3)c2)c1. The van der Waals surface area contributed by atoms with E-state index in [0.717, 1.165) is 74.0 Å². The highest BCUT2D eigenvalue weighted by molar-refractivity contribution is 7.99. The molecule has 0 saturated carbocycles. The van der Waals surface area contributed by atoms with Gasteiger partial charge in [0.05, 0.1) is 10.5 Å². The van der Waals surface area contributed by atoms with Crippen LogP contribution in [0.25, 0.3) is 0 Å². The highest BCUT2D eigenvalue weighted by Crippen LogP contribution is 2.29. The number of carbonyl (C=O) groups is 1. The lowest BCUT2D eigenvalue weighted by Crippen LogP contribution is -2.31. The summed E-state index contributed by atoms with van der Waals surface area (Å²) in [7, 11) is -0.650. The molecule has 0 unspecified atom stereocenters. The maximum atomic E-state index is 13.4. The van der Waals surface area contributed by atoms with Gasteiger partial charge in [-0.2, -0.15) is 11.8 Å². The number of thioether (sulfide) groups is 1. The Balaban J connectivity index is 1.59. The number of sulfonamides is 1. The summed E-state index contributed by atoms with van der Waals surface area (Å²) in [5.41, 5.74) is 3.04. The molecule has 1 amide bonds. The van der Waals surface area contributed by atoms with Gasteiger partial charge in [-0.1, -0.05) is 12.1 Å². The molecule has 2 heterocycles. The molecule has 2 saturated heterocycles. The standard InChI is InChI=1S/C24H32N4O3S2/c1-26(2)33(30,31)21-8-9-23(28-10-3-4-11-28)22(17-21)24(29)25-20-7-5-6-19(16-20)18-27-12-14-32-15-13-27/h5-9,16-17H,3-4,10-15,18H2,1-2H3,(H,25,29). The van der Waals surface area contributed by atoms with Gasteiger partial charge in [0.15, 0.2) is 0 Å². The van der Waals surface area contributed by atoms with Gasteiger partial charge in [-0.15, -0.1) is 0 Å². The van der Waals surface area contributed by atoms with Crippen molar-refractivity contribution >= 4 is 39.1 Å². The first-order valence-electron chi connectivity index (χ1n) is 11.4. The molecule has 4 rings (SSSR count). The molecule has 0 aliphatic carbocycles. The minimum atomic E-state index is -3.64. The van der Waals surface area contributed by atoms with Gasteiger partial charge in [0.25, 0.3) is 5.91 Å². The predicted molar refractivity (Wildman–Crippen MR) is 136 cm³/mol. The number of rotatable bonds is 7. The maximum absolute atomic E-state index is 13.4. The Labute approximate surface area is 201 Å². The van der Waals surface area contributed by atoms with E-state index in [1.54, 1.807) is 12.1 Å². The Kier molecular flexibility index (Phi) is 7.63. The van der Waals surface area contributed by atoms with Crippen molar-refractivity contribution in [3.8, 4) is 0 Å². The van der Waals surface area contributed by atoms with Gasteiger partial charge in [0, 0.05) is 69.7 Å². The lowest BCUT2D eigenvalue weighted by Gasteiger charge is -2.26. The second kappa shape index (κ2) is 10.5. The van der Waals surface area contributed by atoms with E-state index in [0.29, 0.717) is 5.56 Å². The predicted octanol–water partition coefficient (Wildman–Crippen LogP) is 3.34. The topological polar surface area (TPSA) is 73.0 Å². The Morgan fingerprint density at radius 2 is 1.76 bits per heavy atom. The van der Waals surface area contributed by atoms with Crippen LogP contribution >= 0.6 is 11.8 Å². The summed E-state index contributed by atoms with van der Waals surface area (Å²) >= 11 is 1.99. The molecule has 2 aliphatic heterocycles. The van der Waals surface area contributed by atoms with Crippen LogP contribution in [0.1, 0.15) is 28.8 Å². The van der Waals surface area contributed by atoms with Gasteiger partial charge in [-0.3, -0.25) is 9.69 Å². The van der Waals surface area contributed by atoms with Crippen LogP contribution in [0, 0.1) is 0 Å². The van der Waals surface area contributed by atoms with Crippen molar-refractivity contribution < 1.29 is 13.2 Å². The Morgan fingerprint density at radius 3 is 2.45 bits per heavy atom. The Morgan fingerprint density at radius 1 is 1.03 bits per heavy atom. The fourth-order valence-electron chi connectivity index (χ4n) is 4.27. The summed E-state index contributed by atoms with van der Waals surface area (Å²) in [4.78, 5) is 18.1. The molecule has 0 spiro atoms. The highest BCUT2D eigenvalue weighted by atomic mass is 32.2. The average molecular weight is 489 g/mol. The monoisotopic (exact) mass is 488 g/mol. The number of anilines is 2. The first kappa shape index (κ1) is 24.1. The molecule has 0 radical (unpaired) electrons. The molecule has 0 atom stereocenters. The van der Waals surface area contributed by atoms with Crippen molar-refractivity contribution in [3.63, 3.8) is 0 Å². The fourth-order valence-corrected chi connectivity index (χ4v) is 6.17. The molecule has 7 nitrogen and oxygen atoms in total. The number of nitrogens with zero attached hydrogens (tertiary/aromatic N) is 3. The Hall–Kier alpha value is -2.07. The zero-order valence-electron chi connectivity index (χ0n) is 19.3. The van der Waals surface area contributed by atoms with Crippen molar-refractivity contribution in [2.24, 2.45) is 0 Å². The van der Waals surface area contributed by atoms with Crippen LogP contribution in [0.15, 0.2) is 47.4 Å². The van der Waals surface area contributed by atoms with Crippen LogP contribution in [0.3, 0.4) is 0 Å². The van der Waals surface area contributed by atoms with Gasteiger partial charge < -0.3 is 10.2 Å². The third kappa shape index (κ3) is 5.71. The molecular weight excluding hydrogens is 456 g/mol. The number of hydrogen-bond acceptors (Lipinski definition) is 6. The number of nitrogens with one attached hydrogen (secondary N) is 1. The summed E-state index contributed by atoms with van der Waals surface area (Å²) in [6.45, 7) is 4.74. The fraction of sp³-hybridized carbons (Fsp3) is 0.458. The van der Waals surface area contributed by atoms with E-state index in [1.165, 1.54) is 24.5 Å². The first-order valence-corrected chi connectivity index (χ1v) is 14.0. The van der Waals surface area contributed by atoms with E-state index >= 15 is 0 Å². The van der Waals surface area contributed by atoms with Crippen LogP contribution in [0.4, 0.5) is 11.4 Å². The molecule has 2 fully saturated rings. The van der Waals surface area contributed by atoms with E-state index < -0.39 is 10.0 Å². The summed E-state index contributed by atoms with van der Waals surface area (Å²) in [6, 6.07) is 12.8. The van der Waals surface area contributed by atoms with E-state index in [4.69, 9.17) is 0 Å². The minimum absolute atomic E-state index is 0.123. The molecular formula is C24H32N4O3S2. The summed E-state index contributed by atoms with van der Waals surface area (Å²) in [6.07, 6.45) is 2.13. The lowest BCUT2D eigenvalue weighted by atomic mass is 10.1. The van der Waals surface area contributed by atoms with Crippen molar-refractivity contribution in [2.75, 3.05) is 62.0 Å². The second-order valence-electron chi connectivity index (χ2n) is 8.70. The smallest absolute Gasteiger partial charge is 0.257 e. The molecule has 0 aromatic heterocycles. The van der Waals surface area contributed by atoms with Gasteiger partial charge in [-0.05, 0) is 48.7 Å². The van der Waals surface area contributed by atoms with E-state index in [1.807, 2.05) is 30.0 Å². The molecule has 2 aliphatic rings. The van der Waals surface area contributed by atoms with Gasteiger partial charge in [-0.25, -0.2) is 12.7 Å². The van der Waals surface area contributed by atoms with Crippen LogP contribution in [-0.4, -0.2) is 75.3 Å². The van der Waals surface area contributed by atoms with Gasteiger partial charge in [0.2, 0.25) is 10.0 Å². The van der Waals surface area contributed by atoms with Crippen LogP contribution < -0.4 is 10.2 Å². The van der Waals surface area contributed by atoms with E-state index in [9.17, 15) is 13.2 Å². The van der Waals surface area contributed by atoms with Crippen LogP contribution in [-0.2, 0) is 16.6 Å². The Bertz CT molecular complexity index is 1090. The number of amides is 1. The molecule has 2 aromatic carbocycles. The maximum Gasteiger partial charge on any atom is 0.257 e.